The van der Waals surface area contributed by atoms with Gasteiger partial charge in [-0.2, -0.15) is 0 Å². The highest BCUT2D eigenvalue weighted by atomic mass is 35.5. The van der Waals surface area contributed by atoms with Gasteiger partial charge in [0.25, 0.3) is 0 Å². The summed E-state index contributed by atoms with van der Waals surface area (Å²) in [6.45, 7) is 0.346. The van der Waals surface area contributed by atoms with Crippen molar-refractivity contribution in [1.82, 2.24) is 14.9 Å². The van der Waals surface area contributed by atoms with Crippen LogP contribution in [0, 0.1) is 5.82 Å². The molecule has 0 saturated carbocycles. The molecule has 0 spiro atoms. The van der Waals surface area contributed by atoms with Crippen LogP contribution in [0.25, 0.3) is 11.3 Å². The van der Waals surface area contributed by atoms with E-state index in [9.17, 15) is 9.18 Å². The number of carbonyl (C=O) groups excluding carboxylic acids is 1. The van der Waals surface area contributed by atoms with Crippen LogP contribution in [-0.2, 0) is 0 Å². The molecule has 1 aromatic heterocycles. The van der Waals surface area contributed by atoms with Crippen molar-refractivity contribution in [3.8, 4) is 11.3 Å². The van der Waals surface area contributed by atoms with Crippen LogP contribution < -0.4 is 10.6 Å². The van der Waals surface area contributed by atoms with E-state index in [1.54, 1.807) is 12.5 Å². The number of carbonyl (C=O) groups is 1. The Labute approximate surface area is 148 Å². The lowest BCUT2D eigenvalue weighted by molar-refractivity contribution is 0.251. The molecule has 7 heteroatoms. The third-order valence-corrected chi connectivity index (χ3v) is 4.57. The minimum Gasteiger partial charge on any atom is -0.335 e. The summed E-state index contributed by atoms with van der Waals surface area (Å²) in [6.07, 6.45) is 3.55. The van der Waals surface area contributed by atoms with Crippen LogP contribution in [0.1, 0.15) is 11.6 Å². The van der Waals surface area contributed by atoms with Gasteiger partial charge in [-0.3, -0.25) is 0 Å². The quantitative estimate of drug-likeness (QED) is 0.743. The van der Waals surface area contributed by atoms with Crippen molar-refractivity contribution in [3.05, 3.63) is 71.4 Å². The van der Waals surface area contributed by atoms with Crippen molar-refractivity contribution in [3.63, 3.8) is 0 Å². The Kier molecular flexibility index (Phi) is 3.89. The van der Waals surface area contributed by atoms with E-state index in [4.69, 9.17) is 11.6 Å². The molecule has 2 aromatic carbocycles. The molecule has 1 atom stereocenters. The molecule has 0 saturated heterocycles. The van der Waals surface area contributed by atoms with Crippen molar-refractivity contribution in [2.45, 2.75) is 6.04 Å². The number of rotatable bonds is 3. The number of aromatic nitrogens is 2. The number of anilines is 1. The minimum absolute atomic E-state index is 0.0307. The van der Waals surface area contributed by atoms with E-state index in [0.717, 1.165) is 16.8 Å². The average molecular weight is 357 g/mol. The van der Waals surface area contributed by atoms with E-state index >= 15 is 0 Å². The molecule has 0 aliphatic carbocycles. The van der Waals surface area contributed by atoms with Crippen molar-refractivity contribution in [2.24, 2.45) is 0 Å². The van der Waals surface area contributed by atoms with E-state index in [1.807, 2.05) is 28.8 Å². The lowest BCUT2D eigenvalue weighted by Crippen LogP contribution is -2.33. The second-order valence-corrected chi connectivity index (χ2v) is 6.13. The lowest BCUT2D eigenvalue weighted by Gasteiger charge is -2.16. The molecule has 4 rings (SSSR count). The van der Waals surface area contributed by atoms with E-state index in [2.05, 4.69) is 15.6 Å². The highest BCUT2D eigenvalue weighted by Gasteiger charge is 2.28. The molecule has 25 heavy (non-hydrogen) atoms. The monoisotopic (exact) mass is 356 g/mol. The molecule has 2 amide bonds. The summed E-state index contributed by atoms with van der Waals surface area (Å²) in [4.78, 5) is 16.3. The van der Waals surface area contributed by atoms with Crippen LogP contribution in [0.4, 0.5) is 14.9 Å². The first kappa shape index (κ1) is 15.7. The normalized spacial score (nSPS) is 14.7. The summed E-state index contributed by atoms with van der Waals surface area (Å²) in [7, 11) is 0. The minimum atomic E-state index is -0.578. The van der Waals surface area contributed by atoms with Crippen LogP contribution in [0.5, 0.6) is 0 Å². The van der Waals surface area contributed by atoms with Gasteiger partial charge in [-0.25, -0.2) is 14.2 Å². The average Bonchev–Trinajstić information content (AvgIpc) is 3.18. The molecule has 1 unspecified atom stereocenters. The maximum absolute atomic E-state index is 13.8. The van der Waals surface area contributed by atoms with Crippen LogP contribution in [-0.4, -0.2) is 22.1 Å². The third-order valence-electron chi connectivity index (χ3n) is 4.25. The van der Waals surface area contributed by atoms with Crippen LogP contribution in [0.3, 0.4) is 0 Å². The second kappa shape index (κ2) is 6.22. The van der Waals surface area contributed by atoms with Crippen molar-refractivity contribution in [2.75, 3.05) is 11.9 Å². The van der Waals surface area contributed by atoms with E-state index in [0.29, 0.717) is 6.54 Å². The number of fused-ring (bicyclic) bond motifs is 3. The highest BCUT2D eigenvalue weighted by molar-refractivity contribution is 6.33. The SMILES string of the molecule is O=C(NCC1c2ccccc2-c2cncn21)Nc1c(F)cccc1Cl. The molecule has 0 bridgehead atoms. The number of hydrogen-bond donors (Lipinski definition) is 2. The Balaban J connectivity index is 1.50. The van der Waals surface area contributed by atoms with Crippen molar-refractivity contribution < 1.29 is 9.18 Å². The summed E-state index contributed by atoms with van der Waals surface area (Å²) >= 11 is 5.93. The second-order valence-electron chi connectivity index (χ2n) is 5.72. The first-order valence-electron chi connectivity index (χ1n) is 7.75. The molecule has 1 aliphatic heterocycles. The number of amides is 2. The molecular formula is C18H14ClFN4O. The van der Waals surface area contributed by atoms with Gasteiger partial charge in [-0.1, -0.05) is 41.9 Å². The summed E-state index contributed by atoms with van der Waals surface area (Å²) in [6, 6.07) is 11.7. The number of halogens is 2. The molecular weight excluding hydrogens is 343 g/mol. The zero-order chi connectivity index (χ0) is 17.4. The molecule has 5 nitrogen and oxygen atoms in total. The zero-order valence-corrected chi connectivity index (χ0v) is 13.8. The summed E-state index contributed by atoms with van der Waals surface area (Å²) < 4.78 is 15.8. The molecule has 126 valence electrons. The number of benzene rings is 2. The van der Waals surface area contributed by atoms with Gasteiger partial charge in [-0.15, -0.1) is 0 Å². The number of nitrogens with one attached hydrogen (secondary N) is 2. The Bertz CT molecular complexity index is 936. The largest absolute Gasteiger partial charge is 0.335 e. The van der Waals surface area contributed by atoms with E-state index in [-0.39, 0.29) is 16.8 Å². The molecule has 0 fully saturated rings. The predicted molar refractivity (Wildman–Crippen MR) is 94.2 cm³/mol. The molecule has 0 radical (unpaired) electrons. The van der Waals surface area contributed by atoms with Crippen LogP contribution in [0.15, 0.2) is 55.0 Å². The first-order chi connectivity index (χ1) is 12.1. The Morgan fingerprint density at radius 1 is 1.24 bits per heavy atom. The highest BCUT2D eigenvalue weighted by Crippen LogP contribution is 2.38. The van der Waals surface area contributed by atoms with Gasteiger partial charge in [0.15, 0.2) is 0 Å². The number of para-hydroxylation sites is 1. The van der Waals surface area contributed by atoms with Gasteiger partial charge in [0.05, 0.1) is 35.0 Å². The van der Waals surface area contributed by atoms with Gasteiger partial charge < -0.3 is 15.2 Å². The number of urea groups is 1. The molecule has 2 heterocycles. The molecule has 3 aromatic rings. The van der Waals surface area contributed by atoms with Gasteiger partial charge in [-0.05, 0) is 17.7 Å². The van der Waals surface area contributed by atoms with Crippen LogP contribution in [0.2, 0.25) is 5.02 Å². The fourth-order valence-electron chi connectivity index (χ4n) is 3.10. The van der Waals surface area contributed by atoms with Crippen molar-refractivity contribution >= 4 is 23.3 Å². The lowest BCUT2D eigenvalue weighted by atomic mass is 10.0. The maximum Gasteiger partial charge on any atom is 0.319 e. The van der Waals surface area contributed by atoms with Gasteiger partial charge in [0.1, 0.15) is 5.82 Å². The Morgan fingerprint density at radius 2 is 2.08 bits per heavy atom. The number of nitrogens with zero attached hydrogens (tertiary/aromatic N) is 2. The fraction of sp³-hybridized carbons (Fsp3) is 0.111. The third kappa shape index (κ3) is 2.74. The topological polar surface area (TPSA) is 59.0 Å². The Hall–Kier alpha value is -2.86. The van der Waals surface area contributed by atoms with Crippen molar-refractivity contribution in [1.29, 1.82) is 0 Å². The van der Waals surface area contributed by atoms with E-state index < -0.39 is 11.8 Å². The summed E-state index contributed by atoms with van der Waals surface area (Å²) in [5.74, 6) is -0.578. The molecule has 2 N–H and O–H groups in total. The summed E-state index contributed by atoms with van der Waals surface area (Å²) in [5, 5.41) is 5.39. The number of hydrogen-bond acceptors (Lipinski definition) is 2. The smallest absolute Gasteiger partial charge is 0.319 e. The zero-order valence-electron chi connectivity index (χ0n) is 13.0. The Morgan fingerprint density at radius 3 is 2.92 bits per heavy atom. The molecule has 1 aliphatic rings. The standard InChI is InChI=1S/C18H14ClFN4O/c19-13-6-3-7-14(20)17(13)23-18(25)22-9-16-12-5-2-1-4-11(12)15-8-21-10-24(15)16/h1-8,10,16H,9H2,(H2,22,23,25). The number of imidazole rings is 1. The predicted octanol–water partition coefficient (Wildman–Crippen LogP) is 4.07. The van der Waals surface area contributed by atoms with E-state index in [1.165, 1.54) is 18.2 Å². The summed E-state index contributed by atoms with van der Waals surface area (Å²) in [5.41, 5.74) is 3.20. The maximum atomic E-state index is 13.8. The van der Waals surface area contributed by atoms with Gasteiger partial charge >= 0.3 is 6.03 Å². The fourth-order valence-corrected chi connectivity index (χ4v) is 3.32. The first-order valence-corrected chi connectivity index (χ1v) is 8.13. The van der Waals surface area contributed by atoms with Gasteiger partial charge in [0, 0.05) is 12.1 Å². The van der Waals surface area contributed by atoms with Crippen LogP contribution >= 0.6 is 11.6 Å². The van der Waals surface area contributed by atoms with Gasteiger partial charge in [0.2, 0.25) is 0 Å².